The number of anilines is 1. The smallest absolute Gasteiger partial charge is 0.202 e. The summed E-state index contributed by atoms with van der Waals surface area (Å²) in [5.41, 5.74) is 8.19. The van der Waals surface area contributed by atoms with Crippen LogP contribution in [0.2, 0.25) is 0 Å². The minimum atomic E-state index is -0.989. The lowest BCUT2D eigenvalue weighted by Gasteiger charge is -2.27. The van der Waals surface area contributed by atoms with Crippen LogP contribution in [0.25, 0.3) is 10.9 Å². The van der Waals surface area contributed by atoms with E-state index >= 15 is 0 Å². The van der Waals surface area contributed by atoms with E-state index in [1.54, 1.807) is 19.5 Å². The lowest BCUT2D eigenvalue weighted by Crippen LogP contribution is -2.41. The highest BCUT2D eigenvalue weighted by Gasteiger charge is 2.27. The third-order valence-corrected chi connectivity index (χ3v) is 4.26. The van der Waals surface area contributed by atoms with E-state index < -0.39 is 5.66 Å². The van der Waals surface area contributed by atoms with Gasteiger partial charge in [0.05, 0.1) is 12.6 Å². The molecular formula is C20H19N5O. The molecule has 2 aromatic carbocycles. The first-order chi connectivity index (χ1) is 12.7. The minimum absolute atomic E-state index is 0.563. The number of ether oxygens (including phenoxy) is 1. The molecule has 0 radical (unpaired) electrons. The summed E-state index contributed by atoms with van der Waals surface area (Å²) in [4.78, 5) is 9.13. The van der Waals surface area contributed by atoms with E-state index in [2.05, 4.69) is 20.6 Å². The molecule has 130 valence electrons. The fourth-order valence-electron chi connectivity index (χ4n) is 2.83. The topological polar surface area (TPSA) is 84.6 Å². The Morgan fingerprint density at radius 1 is 1.12 bits per heavy atom. The van der Waals surface area contributed by atoms with E-state index in [0.717, 1.165) is 27.9 Å². The van der Waals surface area contributed by atoms with Gasteiger partial charge in [0, 0.05) is 29.0 Å². The van der Waals surface area contributed by atoms with Gasteiger partial charge in [-0.3, -0.25) is 10.7 Å². The number of pyridine rings is 1. The Kier molecular flexibility index (Phi) is 4.02. The van der Waals surface area contributed by atoms with Crippen LogP contribution in [-0.4, -0.2) is 18.1 Å². The molecule has 6 nitrogen and oxygen atoms in total. The average Bonchev–Trinajstić information content (AvgIpc) is 2.68. The number of methoxy groups -OCH3 is 1. The predicted molar refractivity (Wildman–Crippen MR) is 104 cm³/mol. The van der Waals surface area contributed by atoms with Crippen molar-refractivity contribution in [1.29, 1.82) is 0 Å². The van der Waals surface area contributed by atoms with Crippen LogP contribution in [-0.2, 0) is 5.66 Å². The van der Waals surface area contributed by atoms with Gasteiger partial charge in [0.15, 0.2) is 5.66 Å². The second kappa shape index (κ2) is 6.50. The van der Waals surface area contributed by atoms with E-state index in [-0.39, 0.29) is 0 Å². The van der Waals surface area contributed by atoms with Gasteiger partial charge in [-0.1, -0.05) is 18.2 Å². The zero-order valence-corrected chi connectivity index (χ0v) is 14.3. The van der Waals surface area contributed by atoms with Gasteiger partial charge in [-0.15, -0.1) is 0 Å². The zero-order chi connectivity index (χ0) is 18.0. The summed E-state index contributed by atoms with van der Waals surface area (Å²) < 4.78 is 5.17. The van der Waals surface area contributed by atoms with Crippen molar-refractivity contribution in [2.24, 2.45) is 10.7 Å². The quantitative estimate of drug-likeness (QED) is 0.680. The number of hydrogen-bond donors (Lipinski definition) is 3. The lowest BCUT2D eigenvalue weighted by atomic mass is 10.0. The molecule has 4 rings (SSSR count). The first-order valence-corrected chi connectivity index (χ1v) is 8.26. The van der Waals surface area contributed by atoms with Crippen molar-refractivity contribution in [2.45, 2.75) is 5.66 Å². The number of nitrogens with one attached hydrogen (secondary N) is 2. The largest absolute Gasteiger partial charge is 0.497 e. The maximum atomic E-state index is 6.55. The molecule has 1 aliphatic rings. The number of rotatable bonds is 3. The SMILES string of the molecule is COc1ccc(NC2=NC(N)(c3cnc4ccccc4c3)C=CN2)cc1. The third kappa shape index (κ3) is 3.10. The van der Waals surface area contributed by atoms with Gasteiger partial charge in [-0.05, 0) is 42.5 Å². The fraction of sp³-hybridized carbons (Fsp3) is 0.100. The molecule has 2 heterocycles. The second-order valence-electron chi connectivity index (χ2n) is 6.03. The number of hydrogen-bond acceptors (Lipinski definition) is 6. The van der Waals surface area contributed by atoms with E-state index in [0.29, 0.717) is 5.96 Å². The number of benzene rings is 2. The highest BCUT2D eigenvalue weighted by Crippen LogP contribution is 2.26. The van der Waals surface area contributed by atoms with Crippen molar-refractivity contribution < 1.29 is 4.74 Å². The first-order valence-electron chi connectivity index (χ1n) is 8.26. The maximum absolute atomic E-state index is 6.55. The van der Waals surface area contributed by atoms with Crippen LogP contribution in [0.5, 0.6) is 5.75 Å². The molecule has 6 heteroatoms. The van der Waals surface area contributed by atoms with Crippen molar-refractivity contribution in [1.82, 2.24) is 10.3 Å². The summed E-state index contributed by atoms with van der Waals surface area (Å²) >= 11 is 0. The van der Waals surface area contributed by atoms with Crippen LogP contribution in [0.15, 0.2) is 78.1 Å². The van der Waals surface area contributed by atoms with Crippen molar-refractivity contribution >= 4 is 22.5 Å². The number of aliphatic imine (C=N–C) groups is 1. The van der Waals surface area contributed by atoms with Gasteiger partial charge in [0.2, 0.25) is 5.96 Å². The molecule has 0 saturated carbocycles. The summed E-state index contributed by atoms with van der Waals surface area (Å²) in [7, 11) is 1.64. The minimum Gasteiger partial charge on any atom is -0.497 e. The molecule has 0 aliphatic carbocycles. The van der Waals surface area contributed by atoms with E-state index in [1.807, 2.05) is 60.7 Å². The highest BCUT2D eigenvalue weighted by molar-refractivity contribution is 5.95. The summed E-state index contributed by atoms with van der Waals surface area (Å²) in [6.45, 7) is 0. The monoisotopic (exact) mass is 345 g/mol. The van der Waals surface area contributed by atoms with Crippen molar-refractivity contribution in [3.8, 4) is 5.75 Å². The Hall–Kier alpha value is -3.38. The molecule has 26 heavy (non-hydrogen) atoms. The molecular weight excluding hydrogens is 326 g/mol. The van der Waals surface area contributed by atoms with Crippen LogP contribution in [0.3, 0.4) is 0 Å². The maximum Gasteiger partial charge on any atom is 0.202 e. The van der Waals surface area contributed by atoms with Crippen molar-refractivity contribution in [2.75, 3.05) is 12.4 Å². The molecule has 4 N–H and O–H groups in total. The van der Waals surface area contributed by atoms with Gasteiger partial charge in [0.25, 0.3) is 0 Å². The number of para-hydroxylation sites is 1. The van der Waals surface area contributed by atoms with E-state index in [9.17, 15) is 0 Å². The van der Waals surface area contributed by atoms with Gasteiger partial charge < -0.3 is 15.4 Å². The summed E-state index contributed by atoms with van der Waals surface area (Å²) in [6, 6.07) is 17.5. The zero-order valence-electron chi connectivity index (χ0n) is 14.3. The average molecular weight is 345 g/mol. The molecule has 0 spiro atoms. The van der Waals surface area contributed by atoms with E-state index in [1.165, 1.54) is 0 Å². The molecule has 0 amide bonds. The molecule has 0 fully saturated rings. The van der Waals surface area contributed by atoms with Crippen LogP contribution >= 0.6 is 0 Å². The Bertz CT molecular complexity index is 997. The highest BCUT2D eigenvalue weighted by atomic mass is 16.5. The predicted octanol–water partition coefficient (Wildman–Crippen LogP) is 2.94. The van der Waals surface area contributed by atoms with Crippen LogP contribution in [0, 0.1) is 0 Å². The number of fused-ring (bicyclic) bond motifs is 1. The Balaban J connectivity index is 1.63. The molecule has 1 unspecified atom stereocenters. The van der Waals surface area contributed by atoms with Gasteiger partial charge in [0.1, 0.15) is 5.75 Å². The third-order valence-electron chi connectivity index (χ3n) is 4.26. The molecule has 1 aliphatic heterocycles. The van der Waals surface area contributed by atoms with Gasteiger partial charge in [-0.2, -0.15) is 0 Å². The van der Waals surface area contributed by atoms with Crippen molar-refractivity contribution in [3.63, 3.8) is 0 Å². The van der Waals surface area contributed by atoms with Crippen LogP contribution in [0.1, 0.15) is 5.56 Å². The van der Waals surface area contributed by atoms with E-state index in [4.69, 9.17) is 10.5 Å². The Morgan fingerprint density at radius 3 is 2.73 bits per heavy atom. The Labute approximate surface area is 151 Å². The molecule has 1 aromatic heterocycles. The summed E-state index contributed by atoms with van der Waals surface area (Å²) in [6.07, 6.45) is 5.37. The van der Waals surface area contributed by atoms with Gasteiger partial charge >= 0.3 is 0 Å². The standard InChI is InChI=1S/C20H19N5O/c1-26-17-8-6-16(7-9-17)24-19-22-11-10-20(21,25-19)15-12-14-4-2-3-5-18(14)23-13-15/h2-13H,21H2,1H3,(H2,22,24,25). The lowest BCUT2D eigenvalue weighted by molar-refractivity contribution is 0.415. The molecule has 0 saturated heterocycles. The fourth-order valence-corrected chi connectivity index (χ4v) is 2.83. The summed E-state index contributed by atoms with van der Waals surface area (Å²) in [5.74, 6) is 1.36. The van der Waals surface area contributed by atoms with Crippen molar-refractivity contribution in [3.05, 3.63) is 78.6 Å². The summed E-state index contributed by atoms with van der Waals surface area (Å²) in [5, 5.41) is 7.34. The molecule has 3 aromatic rings. The number of nitrogens with two attached hydrogens (primary N) is 1. The molecule has 1 atom stereocenters. The normalized spacial score (nSPS) is 18.9. The number of guanidine groups is 1. The van der Waals surface area contributed by atoms with Crippen LogP contribution in [0.4, 0.5) is 5.69 Å². The first kappa shape index (κ1) is 16.1. The second-order valence-corrected chi connectivity index (χ2v) is 6.03. The van der Waals surface area contributed by atoms with Gasteiger partial charge in [-0.25, -0.2) is 4.99 Å². The Morgan fingerprint density at radius 2 is 1.92 bits per heavy atom. The number of aromatic nitrogens is 1. The van der Waals surface area contributed by atoms with Crippen LogP contribution < -0.4 is 21.1 Å². The number of nitrogens with zero attached hydrogens (tertiary/aromatic N) is 2. The molecule has 0 bridgehead atoms.